The fraction of sp³-hybridized carbons (Fsp3) is 0.667. The number of aromatic nitrogens is 2. The number of carbonyl (C=O) groups is 1. The van der Waals surface area contributed by atoms with E-state index in [0.29, 0.717) is 5.92 Å². The Labute approximate surface area is 95.3 Å². The molecule has 0 radical (unpaired) electrons. The quantitative estimate of drug-likeness (QED) is 0.848. The molecule has 1 aromatic heterocycles. The van der Waals surface area contributed by atoms with Crippen LogP contribution in [0.15, 0.2) is 0 Å². The number of aryl methyl sites for hydroxylation is 2. The summed E-state index contributed by atoms with van der Waals surface area (Å²) >= 11 is 0. The fourth-order valence-electron chi connectivity index (χ4n) is 2.57. The van der Waals surface area contributed by atoms with Crippen molar-refractivity contribution >= 4 is 5.97 Å². The lowest BCUT2D eigenvalue weighted by molar-refractivity contribution is -0.138. The number of nitrogens with zero attached hydrogens (tertiary/aromatic N) is 2. The minimum absolute atomic E-state index is 0.288. The molecule has 1 N–H and O–H groups in total. The zero-order valence-electron chi connectivity index (χ0n) is 9.86. The van der Waals surface area contributed by atoms with Crippen LogP contribution in [-0.4, -0.2) is 20.9 Å². The summed E-state index contributed by atoms with van der Waals surface area (Å²) in [6, 6.07) is 0. The van der Waals surface area contributed by atoms with Gasteiger partial charge in [0.05, 0.1) is 5.69 Å². The van der Waals surface area contributed by atoms with E-state index in [1.54, 1.807) is 0 Å². The molecule has 0 amide bonds. The number of fused-ring (bicyclic) bond motifs is 1. The zero-order chi connectivity index (χ0) is 11.7. The van der Waals surface area contributed by atoms with Crippen molar-refractivity contribution in [3.8, 4) is 0 Å². The van der Waals surface area contributed by atoms with E-state index >= 15 is 0 Å². The standard InChI is InChI=1S/C12H18N2O2/c1-3-14-8(2)10-6-9(7-12(15)16)4-5-11(10)13-14/h9H,3-7H2,1-2H3,(H,15,16). The Morgan fingerprint density at radius 3 is 3.00 bits per heavy atom. The van der Waals surface area contributed by atoms with Crippen LogP contribution in [-0.2, 0) is 24.2 Å². The lowest BCUT2D eigenvalue weighted by atomic mass is 9.84. The van der Waals surface area contributed by atoms with Gasteiger partial charge in [-0.1, -0.05) is 0 Å². The lowest BCUT2D eigenvalue weighted by Crippen LogP contribution is -2.17. The molecule has 1 aliphatic rings. The van der Waals surface area contributed by atoms with Gasteiger partial charge in [-0.25, -0.2) is 0 Å². The highest BCUT2D eigenvalue weighted by molar-refractivity contribution is 5.67. The van der Waals surface area contributed by atoms with Crippen molar-refractivity contribution in [2.45, 2.75) is 46.1 Å². The van der Waals surface area contributed by atoms with Gasteiger partial charge >= 0.3 is 5.97 Å². The summed E-state index contributed by atoms with van der Waals surface area (Å²) in [5.74, 6) is -0.396. The van der Waals surface area contributed by atoms with E-state index in [1.807, 2.05) is 4.68 Å². The van der Waals surface area contributed by atoms with Gasteiger partial charge < -0.3 is 5.11 Å². The van der Waals surface area contributed by atoms with Gasteiger partial charge in [0.25, 0.3) is 0 Å². The average molecular weight is 222 g/mol. The van der Waals surface area contributed by atoms with Gasteiger partial charge in [0, 0.05) is 18.7 Å². The van der Waals surface area contributed by atoms with Crippen molar-refractivity contribution < 1.29 is 9.90 Å². The smallest absolute Gasteiger partial charge is 0.303 e. The molecule has 0 aliphatic heterocycles. The first-order valence-corrected chi connectivity index (χ1v) is 5.88. The molecule has 0 bridgehead atoms. The van der Waals surface area contributed by atoms with Gasteiger partial charge in [0.1, 0.15) is 0 Å². The molecule has 0 fully saturated rings. The molecule has 0 saturated carbocycles. The van der Waals surface area contributed by atoms with Crippen LogP contribution in [0.3, 0.4) is 0 Å². The van der Waals surface area contributed by atoms with E-state index in [2.05, 4.69) is 18.9 Å². The Bertz CT molecular complexity index is 409. The molecule has 1 atom stereocenters. The maximum Gasteiger partial charge on any atom is 0.303 e. The molecule has 0 spiro atoms. The van der Waals surface area contributed by atoms with Crippen LogP contribution in [0.4, 0.5) is 0 Å². The predicted octanol–water partition coefficient (Wildman–Crippen LogP) is 1.79. The van der Waals surface area contributed by atoms with Crippen LogP contribution < -0.4 is 0 Å². The summed E-state index contributed by atoms with van der Waals surface area (Å²) in [5, 5.41) is 13.4. The highest BCUT2D eigenvalue weighted by Crippen LogP contribution is 2.29. The second kappa shape index (κ2) is 4.28. The first-order valence-electron chi connectivity index (χ1n) is 5.88. The fourth-order valence-corrected chi connectivity index (χ4v) is 2.57. The van der Waals surface area contributed by atoms with Crippen LogP contribution in [0.2, 0.25) is 0 Å². The van der Waals surface area contributed by atoms with Crippen molar-refractivity contribution in [1.82, 2.24) is 9.78 Å². The van der Waals surface area contributed by atoms with Gasteiger partial charge in [0.2, 0.25) is 0 Å². The predicted molar refractivity (Wildman–Crippen MR) is 60.4 cm³/mol. The van der Waals surface area contributed by atoms with Crippen molar-refractivity contribution in [2.75, 3.05) is 0 Å². The highest BCUT2D eigenvalue weighted by atomic mass is 16.4. The molecule has 88 valence electrons. The van der Waals surface area contributed by atoms with Crippen LogP contribution >= 0.6 is 0 Å². The number of rotatable bonds is 3. The van der Waals surface area contributed by atoms with Crippen LogP contribution in [0.5, 0.6) is 0 Å². The van der Waals surface area contributed by atoms with E-state index in [0.717, 1.165) is 25.8 Å². The second-order valence-corrected chi connectivity index (χ2v) is 4.53. The third kappa shape index (κ3) is 1.96. The number of carboxylic acid groups (broad SMARTS) is 1. The van der Waals surface area contributed by atoms with Crippen molar-refractivity contribution in [2.24, 2.45) is 5.92 Å². The van der Waals surface area contributed by atoms with Gasteiger partial charge in [-0.15, -0.1) is 0 Å². The van der Waals surface area contributed by atoms with E-state index < -0.39 is 5.97 Å². The Kier molecular flexibility index (Phi) is 2.99. The summed E-state index contributed by atoms with van der Waals surface area (Å²) in [4.78, 5) is 10.7. The number of carboxylic acids is 1. The molecule has 16 heavy (non-hydrogen) atoms. The third-order valence-corrected chi connectivity index (χ3v) is 3.46. The Balaban J connectivity index is 2.19. The number of hydrogen-bond donors (Lipinski definition) is 1. The van der Waals surface area contributed by atoms with E-state index in [1.165, 1.54) is 17.0 Å². The minimum Gasteiger partial charge on any atom is -0.481 e. The normalized spacial score (nSPS) is 19.5. The molecule has 1 heterocycles. The molecular formula is C12H18N2O2. The van der Waals surface area contributed by atoms with E-state index in [4.69, 9.17) is 5.11 Å². The summed E-state index contributed by atoms with van der Waals surface area (Å²) in [6.07, 6.45) is 3.06. The lowest BCUT2D eigenvalue weighted by Gasteiger charge is -2.19. The molecule has 4 heteroatoms. The minimum atomic E-state index is -0.686. The second-order valence-electron chi connectivity index (χ2n) is 4.53. The Morgan fingerprint density at radius 1 is 1.62 bits per heavy atom. The number of hydrogen-bond acceptors (Lipinski definition) is 2. The average Bonchev–Trinajstić information content (AvgIpc) is 2.55. The monoisotopic (exact) mass is 222 g/mol. The summed E-state index contributed by atoms with van der Waals surface area (Å²) in [5.41, 5.74) is 3.69. The van der Waals surface area contributed by atoms with Gasteiger partial charge in [0.15, 0.2) is 0 Å². The summed E-state index contributed by atoms with van der Waals surface area (Å²) < 4.78 is 2.02. The molecule has 0 aromatic carbocycles. The number of aliphatic carboxylic acids is 1. The topological polar surface area (TPSA) is 55.1 Å². The van der Waals surface area contributed by atoms with Gasteiger partial charge in [-0.3, -0.25) is 9.48 Å². The largest absolute Gasteiger partial charge is 0.481 e. The molecule has 1 aromatic rings. The molecule has 4 nitrogen and oxygen atoms in total. The first kappa shape index (κ1) is 11.2. The van der Waals surface area contributed by atoms with Crippen LogP contribution in [0.25, 0.3) is 0 Å². The molecule has 1 unspecified atom stereocenters. The third-order valence-electron chi connectivity index (χ3n) is 3.46. The SMILES string of the molecule is CCn1nc2c(c1C)CC(CC(=O)O)CC2. The van der Waals surface area contributed by atoms with Crippen LogP contribution in [0, 0.1) is 12.8 Å². The first-order chi connectivity index (χ1) is 7.61. The molecule has 1 aliphatic carbocycles. The molecular weight excluding hydrogens is 204 g/mol. The summed E-state index contributed by atoms with van der Waals surface area (Å²) in [6.45, 7) is 5.06. The maximum atomic E-state index is 10.7. The van der Waals surface area contributed by atoms with Gasteiger partial charge in [-0.2, -0.15) is 5.10 Å². The Morgan fingerprint density at radius 2 is 2.38 bits per heavy atom. The Hall–Kier alpha value is -1.32. The zero-order valence-corrected chi connectivity index (χ0v) is 9.86. The molecule has 2 rings (SSSR count). The highest BCUT2D eigenvalue weighted by Gasteiger charge is 2.25. The van der Waals surface area contributed by atoms with Crippen molar-refractivity contribution in [3.05, 3.63) is 17.0 Å². The van der Waals surface area contributed by atoms with Crippen molar-refractivity contribution in [3.63, 3.8) is 0 Å². The van der Waals surface area contributed by atoms with Crippen molar-refractivity contribution in [1.29, 1.82) is 0 Å². The van der Waals surface area contributed by atoms with E-state index in [-0.39, 0.29) is 6.42 Å². The van der Waals surface area contributed by atoms with E-state index in [9.17, 15) is 4.79 Å². The van der Waals surface area contributed by atoms with Crippen LogP contribution in [0.1, 0.15) is 36.7 Å². The van der Waals surface area contributed by atoms with Gasteiger partial charge in [-0.05, 0) is 44.6 Å². The maximum absolute atomic E-state index is 10.7. The summed E-state index contributed by atoms with van der Waals surface area (Å²) in [7, 11) is 0. The molecule has 0 saturated heterocycles.